The van der Waals surface area contributed by atoms with E-state index in [-0.39, 0.29) is 29.6 Å². The predicted octanol–water partition coefficient (Wildman–Crippen LogP) is 4.80. The summed E-state index contributed by atoms with van der Waals surface area (Å²) < 4.78 is 27.1. The largest absolute Gasteiger partial charge is 0.367 e. The van der Waals surface area contributed by atoms with Gasteiger partial charge in [0, 0.05) is 24.7 Å². The van der Waals surface area contributed by atoms with E-state index in [9.17, 15) is 8.78 Å². The van der Waals surface area contributed by atoms with Crippen LogP contribution < -0.4 is 15.8 Å². The van der Waals surface area contributed by atoms with Crippen LogP contribution in [-0.4, -0.2) is 6.54 Å². The molecule has 3 aromatic carbocycles. The first-order chi connectivity index (χ1) is 14.1. The normalized spacial score (nSPS) is 23.0. The number of fused-ring (bicyclic) bond motifs is 3. The number of aryl methyl sites for hydroxylation is 1. The number of nitrogens with zero attached hydrogens (tertiary/aromatic N) is 1. The Morgan fingerprint density at radius 3 is 2.48 bits per heavy atom. The van der Waals surface area contributed by atoms with Crippen molar-refractivity contribution < 1.29 is 8.78 Å². The summed E-state index contributed by atoms with van der Waals surface area (Å²) in [6, 6.07) is 20.3. The van der Waals surface area contributed by atoms with Crippen LogP contribution in [0.25, 0.3) is 0 Å². The lowest BCUT2D eigenvalue weighted by atomic mass is 9.81. The van der Waals surface area contributed by atoms with Gasteiger partial charge in [0.25, 0.3) is 0 Å². The quantitative estimate of drug-likeness (QED) is 0.672. The smallest absolute Gasteiger partial charge is 0.123 e. The lowest BCUT2D eigenvalue weighted by molar-refractivity contribution is 0.401. The molecule has 1 saturated heterocycles. The molecule has 2 N–H and O–H groups in total. The van der Waals surface area contributed by atoms with Gasteiger partial charge < -0.3 is 4.90 Å². The fourth-order valence-electron chi connectivity index (χ4n) is 4.68. The summed E-state index contributed by atoms with van der Waals surface area (Å²) in [5, 5.41) is 0. The van der Waals surface area contributed by atoms with Crippen LogP contribution in [0.4, 0.5) is 14.5 Å². The molecule has 3 unspecified atom stereocenters. The highest BCUT2D eigenvalue weighted by Crippen LogP contribution is 2.45. The van der Waals surface area contributed by atoms with Crippen LogP contribution in [0.1, 0.15) is 34.3 Å². The molecule has 0 aliphatic carbocycles. The minimum Gasteiger partial charge on any atom is -0.367 e. The Labute approximate surface area is 169 Å². The number of hydrogen-bond donors (Lipinski definition) is 2. The Hall–Kier alpha value is -2.76. The zero-order valence-electron chi connectivity index (χ0n) is 16.2. The van der Waals surface area contributed by atoms with E-state index < -0.39 is 0 Å². The van der Waals surface area contributed by atoms with Crippen molar-refractivity contribution in [3.63, 3.8) is 0 Å². The molecule has 0 bridgehead atoms. The second-order valence-electron chi connectivity index (χ2n) is 8.03. The molecule has 3 atom stereocenters. The van der Waals surface area contributed by atoms with E-state index in [1.165, 1.54) is 35.0 Å². The molecule has 1 fully saturated rings. The van der Waals surface area contributed by atoms with Gasteiger partial charge in [0.15, 0.2) is 0 Å². The lowest BCUT2D eigenvalue weighted by Gasteiger charge is -2.39. The maximum Gasteiger partial charge on any atom is 0.123 e. The number of hydrazine groups is 1. The Morgan fingerprint density at radius 1 is 0.897 bits per heavy atom. The number of nitrogens with one attached hydrogen (secondary N) is 2. The van der Waals surface area contributed by atoms with E-state index >= 15 is 0 Å². The molecule has 0 amide bonds. The highest BCUT2D eigenvalue weighted by Gasteiger charge is 2.43. The predicted molar refractivity (Wildman–Crippen MR) is 110 cm³/mol. The molecule has 3 nitrogen and oxygen atoms in total. The van der Waals surface area contributed by atoms with E-state index in [0.717, 1.165) is 17.7 Å². The van der Waals surface area contributed by atoms with Crippen molar-refractivity contribution in [1.29, 1.82) is 0 Å². The summed E-state index contributed by atoms with van der Waals surface area (Å²) in [7, 11) is 0. The highest BCUT2D eigenvalue weighted by atomic mass is 19.1. The number of hydrogen-bond acceptors (Lipinski definition) is 3. The molecular formula is C24H23F2N3. The summed E-state index contributed by atoms with van der Waals surface area (Å²) in [6.45, 7) is 3.56. The van der Waals surface area contributed by atoms with Crippen molar-refractivity contribution in [2.24, 2.45) is 5.92 Å². The molecule has 0 aromatic heterocycles. The molecule has 0 radical (unpaired) electrons. The van der Waals surface area contributed by atoms with Gasteiger partial charge in [-0.2, -0.15) is 0 Å². The molecule has 0 saturated carbocycles. The Morgan fingerprint density at radius 2 is 1.69 bits per heavy atom. The van der Waals surface area contributed by atoms with Gasteiger partial charge in [-0.1, -0.05) is 42.0 Å². The molecule has 2 aliphatic heterocycles. The first kappa shape index (κ1) is 18.3. The average Bonchev–Trinajstić information content (AvgIpc) is 3.12. The van der Waals surface area contributed by atoms with Crippen LogP contribution in [0, 0.1) is 24.5 Å². The van der Waals surface area contributed by atoms with E-state index in [1.807, 2.05) is 18.2 Å². The summed E-state index contributed by atoms with van der Waals surface area (Å²) in [5.74, 6) is -0.174. The van der Waals surface area contributed by atoms with Gasteiger partial charge in [-0.15, -0.1) is 0 Å². The summed E-state index contributed by atoms with van der Waals surface area (Å²) in [5.41, 5.74) is 12.5. The molecule has 0 spiro atoms. The second-order valence-corrected chi connectivity index (χ2v) is 8.03. The van der Waals surface area contributed by atoms with Gasteiger partial charge in [-0.05, 0) is 53.9 Å². The fourth-order valence-corrected chi connectivity index (χ4v) is 4.68. The zero-order chi connectivity index (χ0) is 20.0. The van der Waals surface area contributed by atoms with Gasteiger partial charge >= 0.3 is 0 Å². The van der Waals surface area contributed by atoms with Crippen LogP contribution in [0.3, 0.4) is 0 Å². The third-order valence-corrected chi connectivity index (χ3v) is 6.03. The Kier molecular flexibility index (Phi) is 4.57. The number of anilines is 1. The van der Waals surface area contributed by atoms with Crippen LogP contribution in [0.15, 0.2) is 66.7 Å². The van der Waals surface area contributed by atoms with Crippen molar-refractivity contribution in [3.05, 3.63) is 101 Å². The molecule has 3 aromatic rings. The van der Waals surface area contributed by atoms with E-state index in [4.69, 9.17) is 0 Å². The fraction of sp³-hybridized carbons (Fsp3) is 0.250. The lowest BCUT2D eigenvalue weighted by Crippen LogP contribution is -2.39. The molecule has 2 heterocycles. The maximum absolute atomic E-state index is 13.7. The number of rotatable bonds is 3. The third-order valence-electron chi connectivity index (χ3n) is 6.03. The first-order valence-electron chi connectivity index (χ1n) is 9.95. The van der Waals surface area contributed by atoms with E-state index in [2.05, 4.69) is 40.9 Å². The molecule has 2 aliphatic rings. The van der Waals surface area contributed by atoms with Crippen molar-refractivity contribution >= 4 is 5.69 Å². The molecule has 29 heavy (non-hydrogen) atoms. The standard InChI is InChI=1S/C24H23F2N3/c1-15-5-10-22-20(11-15)24-21(14-29(22)13-16-3-2-4-19(26)12-16)23(27-28-24)17-6-8-18(25)9-7-17/h2-12,21,23-24,27-28H,13-14H2,1H3. The molecular weight excluding hydrogens is 368 g/mol. The molecule has 148 valence electrons. The zero-order valence-corrected chi connectivity index (χ0v) is 16.2. The van der Waals surface area contributed by atoms with Crippen molar-refractivity contribution in [2.45, 2.75) is 25.6 Å². The average molecular weight is 391 g/mol. The van der Waals surface area contributed by atoms with Crippen molar-refractivity contribution in [2.75, 3.05) is 11.4 Å². The number of halogens is 2. The maximum atomic E-state index is 13.7. The van der Waals surface area contributed by atoms with Crippen LogP contribution in [-0.2, 0) is 6.54 Å². The van der Waals surface area contributed by atoms with Crippen LogP contribution in [0.2, 0.25) is 0 Å². The van der Waals surface area contributed by atoms with Gasteiger partial charge in [-0.25, -0.2) is 19.6 Å². The highest BCUT2D eigenvalue weighted by molar-refractivity contribution is 5.59. The van der Waals surface area contributed by atoms with Crippen molar-refractivity contribution in [1.82, 2.24) is 10.9 Å². The summed E-state index contributed by atoms with van der Waals surface area (Å²) in [4.78, 5) is 2.33. The topological polar surface area (TPSA) is 27.3 Å². The molecule has 5 rings (SSSR count). The van der Waals surface area contributed by atoms with Gasteiger partial charge in [0.1, 0.15) is 11.6 Å². The minimum absolute atomic E-state index is 0.0734. The van der Waals surface area contributed by atoms with Crippen LogP contribution in [0.5, 0.6) is 0 Å². The first-order valence-corrected chi connectivity index (χ1v) is 9.95. The Bertz CT molecular complexity index is 1030. The van der Waals surface area contributed by atoms with Gasteiger partial charge in [0.2, 0.25) is 0 Å². The van der Waals surface area contributed by atoms with E-state index in [1.54, 1.807) is 12.1 Å². The molecule has 5 heteroatoms. The van der Waals surface area contributed by atoms with Crippen molar-refractivity contribution in [3.8, 4) is 0 Å². The van der Waals surface area contributed by atoms with E-state index in [0.29, 0.717) is 6.54 Å². The second kappa shape index (κ2) is 7.25. The monoisotopic (exact) mass is 391 g/mol. The Balaban J connectivity index is 1.52. The SMILES string of the molecule is Cc1ccc2c(c1)C1NNC(c3ccc(F)cc3)C1CN2Cc1cccc(F)c1. The third kappa shape index (κ3) is 3.41. The summed E-state index contributed by atoms with van der Waals surface area (Å²) in [6.07, 6.45) is 0. The number of benzene rings is 3. The van der Waals surface area contributed by atoms with Crippen LogP contribution >= 0.6 is 0 Å². The summed E-state index contributed by atoms with van der Waals surface area (Å²) >= 11 is 0. The van der Waals surface area contributed by atoms with Gasteiger partial charge in [0.05, 0.1) is 12.1 Å². The van der Waals surface area contributed by atoms with Gasteiger partial charge in [-0.3, -0.25) is 0 Å². The minimum atomic E-state index is -0.228.